The van der Waals surface area contributed by atoms with Crippen molar-refractivity contribution in [1.29, 1.82) is 0 Å². The fourth-order valence-electron chi connectivity index (χ4n) is 1.85. The SMILES string of the molecule is COC(=O)C1CCN(c2nccs2)CC1. The van der Waals surface area contributed by atoms with E-state index >= 15 is 0 Å². The van der Waals surface area contributed by atoms with E-state index in [1.165, 1.54) is 7.11 Å². The predicted octanol–water partition coefficient (Wildman–Crippen LogP) is 1.53. The maximum atomic E-state index is 11.3. The maximum absolute atomic E-state index is 11.3. The van der Waals surface area contributed by atoms with Crippen LogP contribution in [0, 0.1) is 5.92 Å². The summed E-state index contributed by atoms with van der Waals surface area (Å²) < 4.78 is 4.75. The first-order valence-electron chi connectivity index (χ1n) is 5.03. The molecule has 82 valence electrons. The van der Waals surface area contributed by atoms with Crippen LogP contribution in [-0.4, -0.2) is 31.2 Å². The third-order valence-electron chi connectivity index (χ3n) is 2.72. The van der Waals surface area contributed by atoms with E-state index in [1.807, 2.05) is 11.6 Å². The van der Waals surface area contributed by atoms with Crippen molar-refractivity contribution in [3.05, 3.63) is 11.6 Å². The highest BCUT2D eigenvalue weighted by molar-refractivity contribution is 7.13. The summed E-state index contributed by atoms with van der Waals surface area (Å²) in [5.41, 5.74) is 0. The van der Waals surface area contributed by atoms with E-state index in [0.717, 1.165) is 31.1 Å². The van der Waals surface area contributed by atoms with Gasteiger partial charge in [0.05, 0.1) is 13.0 Å². The molecule has 1 aromatic rings. The van der Waals surface area contributed by atoms with Gasteiger partial charge in [0, 0.05) is 24.7 Å². The number of carbonyl (C=O) groups is 1. The number of esters is 1. The van der Waals surface area contributed by atoms with Gasteiger partial charge < -0.3 is 9.64 Å². The number of rotatable bonds is 2. The largest absolute Gasteiger partial charge is 0.469 e. The molecule has 0 amide bonds. The fraction of sp³-hybridized carbons (Fsp3) is 0.600. The third kappa shape index (κ3) is 2.28. The first kappa shape index (κ1) is 10.4. The predicted molar refractivity (Wildman–Crippen MR) is 59.1 cm³/mol. The molecule has 0 bridgehead atoms. The Kier molecular flexibility index (Phi) is 3.20. The van der Waals surface area contributed by atoms with Gasteiger partial charge in [-0.25, -0.2) is 4.98 Å². The Morgan fingerprint density at radius 3 is 2.87 bits per heavy atom. The molecule has 0 radical (unpaired) electrons. The van der Waals surface area contributed by atoms with E-state index in [-0.39, 0.29) is 11.9 Å². The average molecular weight is 226 g/mol. The van der Waals surface area contributed by atoms with Crippen LogP contribution in [0.2, 0.25) is 0 Å². The summed E-state index contributed by atoms with van der Waals surface area (Å²) in [4.78, 5) is 17.8. The quantitative estimate of drug-likeness (QED) is 0.717. The molecule has 0 atom stereocenters. The average Bonchev–Trinajstić information content (AvgIpc) is 2.82. The number of methoxy groups -OCH3 is 1. The smallest absolute Gasteiger partial charge is 0.308 e. The number of hydrogen-bond acceptors (Lipinski definition) is 5. The number of piperidine rings is 1. The Morgan fingerprint density at radius 1 is 1.60 bits per heavy atom. The summed E-state index contributed by atoms with van der Waals surface area (Å²) in [7, 11) is 1.45. The molecule has 1 aliphatic heterocycles. The second kappa shape index (κ2) is 4.61. The zero-order valence-corrected chi connectivity index (χ0v) is 9.50. The standard InChI is InChI=1S/C10H14N2O2S/c1-14-9(13)8-2-5-12(6-3-8)10-11-4-7-15-10/h4,7-8H,2-3,5-6H2,1H3. The number of anilines is 1. The molecule has 2 heterocycles. The molecule has 1 aliphatic rings. The van der Waals surface area contributed by atoms with Crippen LogP contribution >= 0.6 is 11.3 Å². The lowest BCUT2D eigenvalue weighted by atomic mass is 9.97. The van der Waals surface area contributed by atoms with Crippen molar-refractivity contribution in [2.45, 2.75) is 12.8 Å². The third-order valence-corrected chi connectivity index (χ3v) is 3.55. The molecule has 1 saturated heterocycles. The number of thiazole rings is 1. The van der Waals surface area contributed by atoms with Crippen LogP contribution in [0.5, 0.6) is 0 Å². The Morgan fingerprint density at radius 2 is 2.33 bits per heavy atom. The summed E-state index contributed by atoms with van der Waals surface area (Å²) in [6, 6.07) is 0. The van der Waals surface area contributed by atoms with Gasteiger partial charge in [-0.2, -0.15) is 0 Å². The lowest BCUT2D eigenvalue weighted by molar-refractivity contribution is -0.146. The molecule has 0 unspecified atom stereocenters. The summed E-state index contributed by atoms with van der Waals surface area (Å²) in [6.45, 7) is 1.79. The molecule has 0 saturated carbocycles. The van der Waals surface area contributed by atoms with Crippen LogP contribution in [0.1, 0.15) is 12.8 Å². The van der Waals surface area contributed by atoms with Crippen molar-refractivity contribution in [3.63, 3.8) is 0 Å². The van der Waals surface area contributed by atoms with Crippen molar-refractivity contribution in [2.75, 3.05) is 25.1 Å². The van der Waals surface area contributed by atoms with Crippen LogP contribution < -0.4 is 4.90 Å². The molecular weight excluding hydrogens is 212 g/mol. The lowest BCUT2D eigenvalue weighted by Gasteiger charge is -2.30. The highest BCUT2D eigenvalue weighted by Gasteiger charge is 2.26. The molecule has 1 fully saturated rings. The minimum Gasteiger partial charge on any atom is -0.469 e. The molecular formula is C10H14N2O2S. The monoisotopic (exact) mass is 226 g/mol. The second-order valence-corrected chi connectivity index (χ2v) is 4.47. The van der Waals surface area contributed by atoms with E-state index in [4.69, 9.17) is 4.74 Å². The van der Waals surface area contributed by atoms with Crippen molar-refractivity contribution >= 4 is 22.4 Å². The fourth-order valence-corrected chi connectivity index (χ4v) is 2.54. The molecule has 4 nitrogen and oxygen atoms in total. The number of aromatic nitrogens is 1. The summed E-state index contributed by atoms with van der Waals surface area (Å²) in [6.07, 6.45) is 3.55. The second-order valence-electron chi connectivity index (χ2n) is 3.60. The summed E-state index contributed by atoms with van der Waals surface area (Å²) >= 11 is 1.64. The van der Waals surface area contributed by atoms with Crippen molar-refractivity contribution in [2.24, 2.45) is 5.92 Å². The molecule has 0 aromatic carbocycles. The van der Waals surface area contributed by atoms with E-state index in [1.54, 1.807) is 11.3 Å². The first-order valence-corrected chi connectivity index (χ1v) is 5.91. The zero-order valence-electron chi connectivity index (χ0n) is 8.68. The Labute approximate surface area is 92.9 Å². The first-order chi connectivity index (χ1) is 7.31. The highest BCUT2D eigenvalue weighted by atomic mass is 32.1. The van der Waals surface area contributed by atoms with Crippen LogP contribution in [0.25, 0.3) is 0 Å². The van der Waals surface area contributed by atoms with Gasteiger partial charge in [-0.1, -0.05) is 0 Å². The van der Waals surface area contributed by atoms with Gasteiger partial charge in [-0.05, 0) is 12.8 Å². The summed E-state index contributed by atoms with van der Waals surface area (Å²) in [5, 5.41) is 3.03. The molecule has 0 aliphatic carbocycles. The van der Waals surface area contributed by atoms with E-state index in [0.29, 0.717) is 0 Å². The van der Waals surface area contributed by atoms with Crippen molar-refractivity contribution in [3.8, 4) is 0 Å². The Hall–Kier alpha value is -1.10. The molecule has 15 heavy (non-hydrogen) atoms. The molecule has 0 N–H and O–H groups in total. The summed E-state index contributed by atoms with van der Waals surface area (Å²) in [5.74, 6) is 0.000000945. The molecule has 5 heteroatoms. The van der Waals surface area contributed by atoms with E-state index in [2.05, 4.69) is 9.88 Å². The number of carbonyl (C=O) groups excluding carboxylic acids is 1. The number of nitrogens with zero attached hydrogens (tertiary/aromatic N) is 2. The van der Waals surface area contributed by atoms with E-state index in [9.17, 15) is 4.79 Å². The van der Waals surface area contributed by atoms with Gasteiger partial charge in [0.2, 0.25) is 0 Å². The molecule has 1 aromatic heterocycles. The van der Waals surface area contributed by atoms with Gasteiger partial charge in [0.1, 0.15) is 0 Å². The van der Waals surface area contributed by atoms with Gasteiger partial charge in [-0.3, -0.25) is 4.79 Å². The minimum absolute atomic E-state index is 0.0752. The van der Waals surface area contributed by atoms with Crippen molar-refractivity contribution < 1.29 is 9.53 Å². The highest BCUT2D eigenvalue weighted by Crippen LogP contribution is 2.25. The van der Waals surface area contributed by atoms with Crippen LogP contribution in [0.3, 0.4) is 0 Å². The zero-order chi connectivity index (χ0) is 10.7. The number of hydrogen-bond donors (Lipinski definition) is 0. The number of ether oxygens (including phenoxy) is 1. The van der Waals surface area contributed by atoms with Gasteiger partial charge >= 0.3 is 5.97 Å². The van der Waals surface area contributed by atoms with Gasteiger partial charge in [0.15, 0.2) is 5.13 Å². The normalized spacial score (nSPS) is 17.8. The maximum Gasteiger partial charge on any atom is 0.308 e. The minimum atomic E-state index is -0.0752. The van der Waals surface area contributed by atoms with Crippen molar-refractivity contribution in [1.82, 2.24) is 4.98 Å². The van der Waals surface area contributed by atoms with Crippen LogP contribution in [0.4, 0.5) is 5.13 Å². The Bertz CT molecular complexity index is 318. The molecule has 0 spiro atoms. The molecule has 2 rings (SSSR count). The van der Waals surface area contributed by atoms with Crippen LogP contribution in [0.15, 0.2) is 11.6 Å². The van der Waals surface area contributed by atoms with Gasteiger partial charge in [-0.15, -0.1) is 11.3 Å². The topological polar surface area (TPSA) is 42.4 Å². The lowest BCUT2D eigenvalue weighted by Crippen LogP contribution is -2.36. The van der Waals surface area contributed by atoms with E-state index < -0.39 is 0 Å². The van der Waals surface area contributed by atoms with Crippen LogP contribution in [-0.2, 0) is 9.53 Å². The Balaban J connectivity index is 1.90. The van der Waals surface area contributed by atoms with Gasteiger partial charge in [0.25, 0.3) is 0 Å².